The lowest BCUT2D eigenvalue weighted by molar-refractivity contribution is -0.125. The minimum atomic E-state index is 0.00505. The largest absolute Gasteiger partial charge is 0.472 e. The Morgan fingerprint density at radius 2 is 2.15 bits per heavy atom. The van der Waals surface area contributed by atoms with Crippen molar-refractivity contribution in [3.05, 3.63) is 24.2 Å². The van der Waals surface area contributed by atoms with E-state index in [1.54, 1.807) is 6.07 Å². The highest BCUT2D eigenvalue weighted by molar-refractivity contribution is 5.93. The highest BCUT2D eigenvalue weighted by Gasteiger charge is 2.25. The van der Waals surface area contributed by atoms with Crippen LogP contribution in [-0.4, -0.2) is 35.8 Å². The Morgan fingerprint density at radius 3 is 2.70 bits per heavy atom. The fourth-order valence-corrected chi connectivity index (χ4v) is 2.32. The maximum Gasteiger partial charge on any atom is 0.257 e. The van der Waals surface area contributed by atoms with Crippen molar-refractivity contribution in [3.8, 4) is 0 Å². The summed E-state index contributed by atoms with van der Waals surface area (Å²) in [6.45, 7) is 5.30. The van der Waals surface area contributed by atoms with Gasteiger partial charge in [-0.3, -0.25) is 9.59 Å². The molecule has 2 rings (SSSR count). The number of rotatable bonds is 4. The average molecular weight is 278 g/mol. The van der Waals surface area contributed by atoms with Crippen LogP contribution < -0.4 is 5.32 Å². The smallest absolute Gasteiger partial charge is 0.257 e. The van der Waals surface area contributed by atoms with E-state index in [9.17, 15) is 9.59 Å². The normalized spacial score (nSPS) is 17.8. The zero-order chi connectivity index (χ0) is 14.5. The zero-order valence-electron chi connectivity index (χ0n) is 12.1. The van der Waals surface area contributed by atoms with E-state index in [-0.39, 0.29) is 23.8 Å². The molecule has 0 bridgehead atoms. The second kappa shape index (κ2) is 6.59. The Morgan fingerprint density at radius 1 is 1.45 bits per heavy atom. The molecule has 5 heteroatoms. The van der Waals surface area contributed by atoms with Crippen LogP contribution >= 0.6 is 0 Å². The van der Waals surface area contributed by atoms with Crippen LogP contribution in [0.4, 0.5) is 0 Å². The van der Waals surface area contributed by atoms with Gasteiger partial charge in [0.25, 0.3) is 5.91 Å². The Labute approximate surface area is 119 Å². The highest BCUT2D eigenvalue weighted by Crippen LogP contribution is 2.15. The third-order valence-corrected chi connectivity index (χ3v) is 3.96. The number of hydrogen-bond donors (Lipinski definition) is 1. The van der Waals surface area contributed by atoms with E-state index in [1.807, 2.05) is 18.7 Å². The van der Waals surface area contributed by atoms with Crippen LogP contribution in [0.5, 0.6) is 0 Å². The van der Waals surface area contributed by atoms with Crippen molar-refractivity contribution in [1.82, 2.24) is 10.2 Å². The van der Waals surface area contributed by atoms with E-state index in [0.717, 1.165) is 19.3 Å². The third kappa shape index (κ3) is 3.40. The maximum atomic E-state index is 12.1. The van der Waals surface area contributed by atoms with Gasteiger partial charge < -0.3 is 14.6 Å². The van der Waals surface area contributed by atoms with Crippen molar-refractivity contribution in [2.45, 2.75) is 39.2 Å². The fourth-order valence-electron chi connectivity index (χ4n) is 2.32. The van der Waals surface area contributed by atoms with E-state index < -0.39 is 0 Å². The lowest BCUT2D eigenvalue weighted by atomic mass is 10.0. The van der Waals surface area contributed by atoms with Gasteiger partial charge in [-0.25, -0.2) is 0 Å². The molecule has 1 aromatic heterocycles. The fraction of sp³-hybridized carbons (Fsp3) is 0.600. The molecule has 5 nitrogen and oxygen atoms in total. The summed E-state index contributed by atoms with van der Waals surface area (Å²) in [5.41, 5.74) is 0.590. The Kier molecular flexibility index (Phi) is 4.82. The number of furan rings is 1. The van der Waals surface area contributed by atoms with E-state index in [2.05, 4.69) is 5.32 Å². The number of carbonyl (C=O) groups is 2. The maximum absolute atomic E-state index is 12.1. The van der Waals surface area contributed by atoms with E-state index in [1.165, 1.54) is 12.5 Å². The standard InChI is InChI=1S/C15H22N2O3/c1-3-11(2)14(18)16-13-4-7-17(8-5-13)15(19)12-6-9-20-10-12/h6,9-11,13H,3-5,7-8H2,1-2H3,(H,16,18)/t11-/m1/s1. The molecule has 0 spiro atoms. The van der Waals surface area contributed by atoms with E-state index >= 15 is 0 Å². The summed E-state index contributed by atoms with van der Waals surface area (Å²) in [6, 6.07) is 1.86. The number of nitrogens with zero attached hydrogens (tertiary/aromatic N) is 1. The van der Waals surface area contributed by atoms with Gasteiger partial charge in [-0.2, -0.15) is 0 Å². The van der Waals surface area contributed by atoms with Crippen molar-refractivity contribution in [2.24, 2.45) is 5.92 Å². The van der Waals surface area contributed by atoms with Crippen molar-refractivity contribution < 1.29 is 14.0 Å². The van der Waals surface area contributed by atoms with Crippen LogP contribution in [0.25, 0.3) is 0 Å². The summed E-state index contributed by atoms with van der Waals surface area (Å²) < 4.78 is 4.93. The van der Waals surface area contributed by atoms with Crippen molar-refractivity contribution in [3.63, 3.8) is 0 Å². The quantitative estimate of drug-likeness (QED) is 0.916. The van der Waals surface area contributed by atoms with Gasteiger partial charge in [-0.1, -0.05) is 13.8 Å². The van der Waals surface area contributed by atoms with Crippen LogP contribution in [0.3, 0.4) is 0 Å². The summed E-state index contributed by atoms with van der Waals surface area (Å²) >= 11 is 0. The molecule has 0 aliphatic carbocycles. The molecular weight excluding hydrogens is 256 g/mol. The third-order valence-electron chi connectivity index (χ3n) is 3.96. The number of nitrogens with one attached hydrogen (secondary N) is 1. The molecule has 0 unspecified atom stereocenters. The summed E-state index contributed by atoms with van der Waals surface area (Å²) in [6.07, 6.45) is 5.45. The molecule has 1 aliphatic rings. The number of likely N-dealkylation sites (tertiary alicyclic amines) is 1. The summed E-state index contributed by atoms with van der Waals surface area (Å²) in [7, 11) is 0. The molecule has 2 heterocycles. The first-order valence-electron chi connectivity index (χ1n) is 7.23. The van der Waals surface area contributed by atoms with Crippen LogP contribution in [0, 0.1) is 5.92 Å². The molecule has 0 saturated carbocycles. The van der Waals surface area contributed by atoms with Gasteiger partial charge in [-0.05, 0) is 25.3 Å². The van der Waals surface area contributed by atoms with E-state index in [4.69, 9.17) is 4.42 Å². The van der Waals surface area contributed by atoms with Gasteiger partial charge in [0.15, 0.2) is 0 Å². The van der Waals surface area contributed by atoms with Crippen LogP contribution in [0.15, 0.2) is 23.0 Å². The predicted octanol–water partition coefficient (Wildman–Crippen LogP) is 2.05. The van der Waals surface area contributed by atoms with E-state index in [0.29, 0.717) is 18.7 Å². The Bertz CT molecular complexity index is 448. The van der Waals surface area contributed by atoms with Crippen LogP contribution in [-0.2, 0) is 4.79 Å². The topological polar surface area (TPSA) is 62.6 Å². The average Bonchev–Trinajstić information content (AvgIpc) is 3.00. The molecule has 20 heavy (non-hydrogen) atoms. The van der Waals surface area contributed by atoms with Gasteiger partial charge >= 0.3 is 0 Å². The number of carbonyl (C=O) groups excluding carboxylic acids is 2. The van der Waals surface area contributed by atoms with Gasteiger partial charge in [0.2, 0.25) is 5.91 Å². The van der Waals surface area contributed by atoms with Crippen LogP contribution in [0.1, 0.15) is 43.5 Å². The molecule has 0 aromatic carbocycles. The molecule has 1 atom stereocenters. The molecule has 1 aromatic rings. The van der Waals surface area contributed by atoms with Gasteiger partial charge in [0, 0.05) is 25.0 Å². The minimum Gasteiger partial charge on any atom is -0.472 e. The van der Waals surface area contributed by atoms with Crippen molar-refractivity contribution in [2.75, 3.05) is 13.1 Å². The molecular formula is C15H22N2O3. The summed E-state index contributed by atoms with van der Waals surface area (Å²) in [5, 5.41) is 3.07. The summed E-state index contributed by atoms with van der Waals surface area (Å²) in [5.74, 6) is 0.179. The minimum absolute atomic E-state index is 0.00505. The molecule has 1 aliphatic heterocycles. The first-order chi connectivity index (χ1) is 9.61. The van der Waals surface area contributed by atoms with Crippen LogP contribution in [0.2, 0.25) is 0 Å². The van der Waals surface area contributed by atoms with Gasteiger partial charge in [-0.15, -0.1) is 0 Å². The number of piperidine rings is 1. The molecule has 0 radical (unpaired) electrons. The van der Waals surface area contributed by atoms with Crippen molar-refractivity contribution >= 4 is 11.8 Å². The second-order valence-corrected chi connectivity index (χ2v) is 5.40. The molecule has 2 amide bonds. The lowest BCUT2D eigenvalue weighted by Crippen LogP contribution is -2.47. The summed E-state index contributed by atoms with van der Waals surface area (Å²) in [4.78, 5) is 25.8. The molecule has 110 valence electrons. The first kappa shape index (κ1) is 14.6. The Hall–Kier alpha value is -1.78. The zero-order valence-corrected chi connectivity index (χ0v) is 12.1. The monoisotopic (exact) mass is 278 g/mol. The predicted molar refractivity (Wildman–Crippen MR) is 75.2 cm³/mol. The first-order valence-corrected chi connectivity index (χ1v) is 7.23. The van der Waals surface area contributed by atoms with Gasteiger partial charge in [0.1, 0.15) is 6.26 Å². The highest BCUT2D eigenvalue weighted by atomic mass is 16.3. The molecule has 1 N–H and O–H groups in total. The lowest BCUT2D eigenvalue weighted by Gasteiger charge is -2.32. The SMILES string of the molecule is CC[C@@H](C)C(=O)NC1CCN(C(=O)c2ccoc2)CC1. The second-order valence-electron chi connectivity index (χ2n) is 5.40. The van der Waals surface area contributed by atoms with Crippen molar-refractivity contribution in [1.29, 1.82) is 0 Å². The van der Waals surface area contributed by atoms with Gasteiger partial charge in [0.05, 0.1) is 11.8 Å². The Balaban J connectivity index is 1.81. The number of amides is 2. The molecule has 1 fully saturated rings. The molecule has 1 saturated heterocycles. The number of hydrogen-bond acceptors (Lipinski definition) is 3.